The molecule has 0 aliphatic carbocycles. The lowest BCUT2D eigenvalue weighted by Crippen LogP contribution is -2.15. The van der Waals surface area contributed by atoms with Gasteiger partial charge in [0.1, 0.15) is 0 Å². The van der Waals surface area contributed by atoms with Gasteiger partial charge >= 0.3 is 0 Å². The molecule has 0 rings (SSSR count). The quantitative estimate of drug-likeness (QED) is 0.533. The molecule has 0 saturated carbocycles. The second kappa shape index (κ2) is 11.4. The Morgan fingerprint density at radius 1 is 0.688 bits per heavy atom. The Labute approximate surface area is 102 Å². The zero-order chi connectivity index (χ0) is 12.2. The Morgan fingerprint density at radius 3 is 1.31 bits per heavy atom. The van der Waals surface area contributed by atoms with E-state index in [1.807, 2.05) is 0 Å². The third-order valence-electron chi connectivity index (χ3n) is 3.77. The van der Waals surface area contributed by atoms with Gasteiger partial charge in [-0.25, -0.2) is 0 Å². The molecule has 0 amide bonds. The summed E-state index contributed by atoms with van der Waals surface area (Å²) in [5, 5.41) is 0. The molecule has 2 unspecified atom stereocenters. The molecule has 0 aliphatic rings. The van der Waals surface area contributed by atoms with E-state index in [4.69, 9.17) is 11.5 Å². The van der Waals surface area contributed by atoms with Gasteiger partial charge in [0, 0.05) is 0 Å². The highest BCUT2D eigenvalue weighted by molar-refractivity contribution is 4.69. The fourth-order valence-corrected chi connectivity index (χ4v) is 2.65. The lowest BCUT2D eigenvalue weighted by Gasteiger charge is -2.25. The molecule has 98 valence electrons. The molecule has 16 heavy (non-hydrogen) atoms. The second-order valence-corrected chi connectivity index (χ2v) is 4.91. The molecule has 0 spiro atoms. The Balaban J connectivity index is 3.85. The number of hydrogen-bond donors (Lipinski definition) is 2. The highest BCUT2D eigenvalue weighted by Gasteiger charge is 2.17. The molecule has 0 aromatic rings. The lowest BCUT2D eigenvalue weighted by molar-refractivity contribution is 0.265. The summed E-state index contributed by atoms with van der Waals surface area (Å²) in [6.45, 7) is 6.36. The number of hydrogen-bond acceptors (Lipinski definition) is 2. The van der Waals surface area contributed by atoms with Crippen LogP contribution in [-0.4, -0.2) is 13.1 Å². The van der Waals surface area contributed by atoms with Crippen LogP contribution in [0.4, 0.5) is 0 Å². The van der Waals surface area contributed by atoms with Gasteiger partial charge in [-0.05, 0) is 37.8 Å². The predicted octanol–water partition coefficient (Wildman–Crippen LogP) is 3.30. The topological polar surface area (TPSA) is 52.0 Å². The van der Waals surface area contributed by atoms with Crippen LogP contribution in [0.25, 0.3) is 0 Å². The van der Waals surface area contributed by atoms with Crippen molar-refractivity contribution in [1.29, 1.82) is 0 Å². The summed E-state index contributed by atoms with van der Waals surface area (Å²) < 4.78 is 0. The SMILES string of the molecule is CCC(CCCCN)C(CC)CCCCN. The minimum absolute atomic E-state index is 0.848. The number of nitrogens with two attached hydrogens (primary N) is 2. The molecule has 0 aromatic heterocycles. The molecule has 2 heteroatoms. The van der Waals surface area contributed by atoms with Gasteiger partial charge in [-0.15, -0.1) is 0 Å². The maximum absolute atomic E-state index is 5.55. The highest BCUT2D eigenvalue weighted by Crippen LogP contribution is 2.28. The van der Waals surface area contributed by atoms with Gasteiger partial charge in [-0.1, -0.05) is 52.4 Å². The zero-order valence-corrected chi connectivity index (χ0v) is 11.4. The smallest absolute Gasteiger partial charge is 0.00773 e. The van der Waals surface area contributed by atoms with Crippen LogP contribution in [0.1, 0.15) is 65.2 Å². The van der Waals surface area contributed by atoms with Gasteiger partial charge in [0.05, 0.1) is 0 Å². The van der Waals surface area contributed by atoms with Crippen molar-refractivity contribution < 1.29 is 0 Å². The van der Waals surface area contributed by atoms with E-state index in [1.54, 1.807) is 0 Å². The molecule has 2 atom stereocenters. The van der Waals surface area contributed by atoms with Crippen molar-refractivity contribution >= 4 is 0 Å². The Kier molecular flexibility index (Phi) is 11.3. The molecule has 0 bridgehead atoms. The van der Waals surface area contributed by atoms with E-state index in [2.05, 4.69) is 13.8 Å². The first-order valence-corrected chi connectivity index (χ1v) is 7.20. The van der Waals surface area contributed by atoms with E-state index in [0.29, 0.717) is 0 Å². The van der Waals surface area contributed by atoms with Crippen molar-refractivity contribution in [2.75, 3.05) is 13.1 Å². The van der Waals surface area contributed by atoms with Crippen molar-refractivity contribution in [2.45, 2.75) is 65.2 Å². The third-order valence-corrected chi connectivity index (χ3v) is 3.77. The van der Waals surface area contributed by atoms with Gasteiger partial charge < -0.3 is 11.5 Å². The standard InChI is InChI=1S/C14H32N2/c1-3-13(9-5-7-11-15)14(4-2)10-6-8-12-16/h13-14H,3-12,15-16H2,1-2H3. The van der Waals surface area contributed by atoms with Crippen molar-refractivity contribution in [3.8, 4) is 0 Å². The van der Waals surface area contributed by atoms with Gasteiger partial charge in [0.15, 0.2) is 0 Å². The summed E-state index contributed by atoms with van der Waals surface area (Å²) in [6, 6.07) is 0. The molecule has 0 heterocycles. The summed E-state index contributed by atoms with van der Waals surface area (Å²) in [5.41, 5.74) is 11.1. The van der Waals surface area contributed by atoms with Gasteiger partial charge in [-0.2, -0.15) is 0 Å². The number of rotatable bonds is 11. The zero-order valence-electron chi connectivity index (χ0n) is 11.4. The average Bonchev–Trinajstić information content (AvgIpc) is 2.31. The van der Waals surface area contributed by atoms with Crippen LogP contribution in [0.2, 0.25) is 0 Å². The minimum atomic E-state index is 0.848. The van der Waals surface area contributed by atoms with E-state index >= 15 is 0 Å². The predicted molar refractivity (Wildman–Crippen MR) is 73.4 cm³/mol. The molecule has 0 radical (unpaired) electrons. The van der Waals surface area contributed by atoms with Crippen LogP contribution < -0.4 is 11.5 Å². The fourth-order valence-electron chi connectivity index (χ4n) is 2.65. The molecular weight excluding hydrogens is 196 g/mol. The summed E-state index contributed by atoms with van der Waals surface area (Å²) in [7, 11) is 0. The van der Waals surface area contributed by atoms with Crippen LogP contribution in [0.5, 0.6) is 0 Å². The maximum Gasteiger partial charge on any atom is -0.00773 e. The Hall–Kier alpha value is -0.0800. The highest BCUT2D eigenvalue weighted by atomic mass is 14.5. The third kappa shape index (κ3) is 7.24. The number of unbranched alkanes of at least 4 members (excludes halogenated alkanes) is 2. The summed E-state index contributed by atoms with van der Waals surface area (Å²) in [6.07, 6.45) is 10.4. The monoisotopic (exact) mass is 228 g/mol. The molecule has 0 saturated heterocycles. The second-order valence-electron chi connectivity index (χ2n) is 4.91. The summed E-state index contributed by atoms with van der Waals surface area (Å²) in [5.74, 6) is 1.82. The van der Waals surface area contributed by atoms with Crippen molar-refractivity contribution in [2.24, 2.45) is 23.3 Å². The van der Waals surface area contributed by atoms with E-state index < -0.39 is 0 Å². The molecule has 4 N–H and O–H groups in total. The maximum atomic E-state index is 5.55. The Bertz CT molecular complexity index is 121. The summed E-state index contributed by atoms with van der Waals surface area (Å²) >= 11 is 0. The first-order chi connectivity index (χ1) is 7.79. The molecule has 0 aliphatic heterocycles. The van der Waals surface area contributed by atoms with E-state index in [9.17, 15) is 0 Å². The normalized spacial score (nSPS) is 15.0. The van der Waals surface area contributed by atoms with Crippen LogP contribution in [0.3, 0.4) is 0 Å². The molecule has 2 nitrogen and oxygen atoms in total. The van der Waals surface area contributed by atoms with Crippen LogP contribution >= 0.6 is 0 Å². The molecule has 0 fully saturated rings. The largest absolute Gasteiger partial charge is 0.330 e. The Morgan fingerprint density at radius 2 is 1.06 bits per heavy atom. The molecule has 0 aromatic carbocycles. The first-order valence-electron chi connectivity index (χ1n) is 7.20. The van der Waals surface area contributed by atoms with Crippen molar-refractivity contribution in [1.82, 2.24) is 0 Å². The van der Waals surface area contributed by atoms with E-state index in [0.717, 1.165) is 24.9 Å². The van der Waals surface area contributed by atoms with Crippen LogP contribution in [-0.2, 0) is 0 Å². The van der Waals surface area contributed by atoms with Gasteiger partial charge in [-0.3, -0.25) is 0 Å². The van der Waals surface area contributed by atoms with Crippen molar-refractivity contribution in [3.63, 3.8) is 0 Å². The van der Waals surface area contributed by atoms with Gasteiger partial charge in [0.2, 0.25) is 0 Å². The van der Waals surface area contributed by atoms with Crippen LogP contribution in [0, 0.1) is 11.8 Å². The fraction of sp³-hybridized carbons (Fsp3) is 1.00. The summed E-state index contributed by atoms with van der Waals surface area (Å²) in [4.78, 5) is 0. The minimum Gasteiger partial charge on any atom is -0.330 e. The lowest BCUT2D eigenvalue weighted by atomic mass is 9.81. The van der Waals surface area contributed by atoms with E-state index in [-0.39, 0.29) is 0 Å². The molecular formula is C14H32N2. The average molecular weight is 228 g/mol. The van der Waals surface area contributed by atoms with Crippen molar-refractivity contribution in [3.05, 3.63) is 0 Å². The van der Waals surface area contributed by atoms with Crippen LogP contribution in [0.15, 0.2) is 0 Å². The van der Waals surface area contributed by atoms with E-state index in [1.165, 1.54) is 51.4 Å². The van der Waals surface area contributed by atoms with Gasteiger partial charge in [0.25, 0.3) is 0 Å². The first kappa shape index (κ1) is 15.9.